The lowest BCUT2D eigenvalue weighted by Gasteiger charge is -2.40. The van der Waals surface area contributed by atoms with E-state index in [2.05, 4.69) is 60.2 Å². The third-order valence-electron chi connectivity index (χ3n) is 5.65. The van der Waals surface area contributed by atoms with E-state index in [-0.39, 0.29) is 12.1 Å². The quantitative estimate of drug-likeness (QED) is 0.583. The largest absolute Gasteiger partial charge is 0.348 e. The van der Waals surface area contributed by atoms with Crippen LogP contribution >= 0.6 is 0 Å². The molecule has 4 nitrogen and oxygen atoms in total. The van der Waals surface area contributed by atoms with E-state index in [0.29, 0.717) is 6.54 Å². The minimum absolute atomic E-state index is 0.0792. The molecule has 5 rings (SSSR count). The molecular weight excluding hydrogens is 322 g/mol. The van der Waals surface area contributed by atoms with Gasteiger partial charge in [-0.05, 0) is 36.2 Å². The lowest BCUT2D eigenvalue weighted by molar-refractivity contribution is 0.168. The van der Waals surface area contributed by atoms with Crippen molar-refractivity contribution in [2.45, 2.75) is 26.1 Å². The van der Waals surface area contributed by atoms with E-state index in [1.165, 1.54) is 16.8 Å². The molecule has 4 heteroatoms. The van der Waals surface area contributed by atoms with Gasteiger partial charge in [0.05, 0.1) is 18.3 Å². The second-order valence-electron chi connectivity index (χ2n) is 7.04. The summed E-state index contributed by atoms with van der Waals surface area (Å²) in [6, 6.07) is 20.9. The van der Waals surface area contributed by atoms with Crippen LogP contribution in [0.3, 0.4) is 0 Å². The zero-order valence-electron chi connectivity index (χ0n) is 14.8. The smallest absolute Gasteiger partial charge is 0.325 e. The molecule has 2 aliphatic heterocycles. The molecule has 0 spiro atoms. The number of para-hydroxylation sites is 1. The number of fused-ring (bicyclic) bond motifs is 4. The Morgan fingerprint density at radius 3 is 2.58 bits per heavy atom. The molecule has 0 radical (unpaired) electrons. The molecule has 130 valence electrons. The van der Waals surface area contributed by atoms with Crippen molar-refractivity contribution in [1.82, 2.24) is 9.47 Å². The van der Waals surface area contributed by atoms with E-state index >= 15 is 0 Å². The summed E-state index contributed by atoms with van der Waals surface area (Å²) in [5.74, 6) is 0. The average molecular weight is 343 g/mol. The summed E-state index contributed by atoms with van der Waals surface area (Å²) in [4.78, 5) is 17.4. The fraction of sp³-hybridized carbons (Fsp3) is 0.227. The molecule has 3 heterocycles. The average Bonchev–Trinajstić information content (AvgIpc) is 3.17. The van der Waals surface area contributed by atoms with Crippen molar-refractivity contribution in [2.24, 2.45) is 0 Å². The first kappa shape index (κ1) is 15.3. The number of aromatic nitrogens is 1. The Kier molecular flexibility index (Phi) is 3.38. The molecule has 3 aromatic rings. The first-order chi connectivity index (χ1) is 12.7. The normalized spacial score (nSPS) is 18.1. The number of carbonyl (C=O) groups excluding carboxylic acids is 1. The van der Waals surface area contributed by atoms with Crippen LogP contribution in [0.25, 0.3) is 11.1 Å². The van der Waals surface area contributed by atoms with E-state index in [9.17, 15) is 4.79 Å². The molecule has 1 unspecified atom stereocenters. The first-order valence-electron chi connectivity index (χ1n) is 9.14. The van der Waals surface area contributed by atoms with Crippen LogP contribution < -0.4 is 4.90 Å². The molecule has 0 bridgehead atoms. The van der Waals surface area contributed by atoms with Crippen LogP contribution in [0, 0.1) is 0 Å². The minimum Gasteiger partial charge on any atom is -0.348 e. The molecule has 0 fully saturated rings. The van der Waals surface area contributed by atoms with Gasteiger partial charge in [0, 0.05) is 30.5 Å². The summed E-state index contributed by atoms with van der Waals surface area (Å²) >= 11 is 0. The molecule has 0 saturated carbocycles. The lowest BCUT2D eigenvalue weighted by Crippen LogP contribution is -2.48. The van der Waals surface area contributed by atoms with Gasteiger partial charge in [-0.1, -0.05) is 42.5 Å². The molecule has 2 aliphatic rings. The maximum Gasteiger partial charge on any atom is 0.325 e. The molecule has 26 heavy (non-hydrogen) atoms. The molecule has 1 aromatic heterocycles. The van der Waals surface area contributed by atoms with Crippen LogP contribution in [0.15, 0.2) is 66.9 Å². The fourth-order valence-corrected chi connectivity index (χ4v) is 4.28. The highest BCUT2D eigenvalue weighted by Gasteiger charge is 2.34. The fourth-order valence-electron chi connectivity index (χ4n) is 4.28. The molecule has 0 N–H and O–H groups in total. The van der Waals surface area contributed by atoms with E-state index in [4.69, 9.17) is 0 Å². The number of hydrogen-bond donors (Lipinski definition) is 0. The summed E-state index contributed by atoms with van der Waals surface area (Å²) in [5.41, 5.74) is 5.77. The Hall–Kier alpha value is -3.01. The predicted octanol–water partition coefficient (Wildman–Crippen LogP) is 4.67. The first-order valence-corrected chi connectivity index (χ1v) is 9.14. The van der Waals surface area contributed by atoms with Crippen molar-refractivity contribution in [3.8, 4) is 11.1 Å². The SMILES string of the molecule is CC1c2cccn2CCN1C(=O)N1Cc2ccccc2-c2ccccc21. The molecule has 2 amide bonds. The minimum atomic E-state index is 0.0792. The number of nitrogens with zero attached hydrogens (tertiary/aromatic N) is 3. The Morgan fingerprint density at radius 1 is 0.923 bits per heavy atom. The van der Waals surface area contributed by atoms with Gasteiger partial charge in [0.2, 0.25) is 0 Å². The highest BCUT2D eigenvalue weighted by Crippen LogP contribution is 2.40. The van der Waals surface area contributed by atoms with Gasteiger partial charge < -0.3 is 9.47 Å². The highest BCUT2D eigenvalue weighted by atomic mass is 16.2. The van der Waals surface area contributed by atoms with E-state index in [1.807, 2.05) is 28.0 Å². The van der Waals surface area contributed by atoms with Crippen LogP contribution in [-0.4, -0.2) is 22.0 Å². The van der Waals surface area contributed by atoms with Crippen LogP contribution in [-0.2, 0) is 13.1 Å². The van der Waals surface area contributed by atoms with Gasteiger partial charge in [-0.3, -0.25) is 4.90 Å². The Morgan fingerprint density at radius 2 is 1.69 bits per heavy atom. The highest BCUT2D eigenvalue weighted by molar-refractivity contribution is 5.99. The van der Waals surface area contributed by atoms with Gasteiger partial charge >= 0.3 is 6.03 Å². The van der Waals surface area contributed by atoms with Gasteiger partial charge in [-0.2, -0.15) is 0 Å². The monoisotopic (exact) mass is 343 g/mol. The van der Waals surface area contributed by atoms with Crippen molar-refractivity contribution in [1.29, 1.82) is 0 Å². The Labute approximate surface area is 153 Å². The third-order valence-corrected chi connectivity index (χ3v) is 5.65. The number of rotatable bonds is 0. The van der Waals surface area contributed by atoms with Gasteiger partial charge in [-0.25, -0.2) is 4.79 Å². The van der Waals surface area contributed by atoms with Crippen molar-refractivity contribution in [3.05, 3.63) is 78.1 Å². The standard InChI is InChI=1S/C22H21N3O/c1-16-20-11-6-12-23(20)13-14-24(16)22(26)25-15-17-7-2-3-8-18(17)19-9-4-5-10-21(19)25/h2-12,16H,13-15H2,1H3. The number of benzene rings is 2. The summed E-state index contributed by atoms with van der Waals surface area (Å²) < 4.78 is 2.24. The summed E-state index contributed by atoms with van der Waals surface area (Å²) in [5, 5.41) is 0. The number of urea groups is 1. The lowest BCUT2D eigenvalue weighted by atomic mass is 9.93. The van der Waals surface area contributed by atoms with Gasteiger partial charge in [0.15, 0.2) is 0 Å². The Balaban J connectivity index is 1.54. The number of hydrogen-bond acceptors (Lipinski definition) is 1. The van der Waals surface area contributed by atoms with Gasteiger partial charge in [0.25, 0.3) is 0 Å². The van der Waals surface area contributed by atoms with E-state index in [0.717, 1.165) is 24.3 Å². The molecule has 1 atom stereocenters. The number of amides is 2. The molecule has 2 aromatic carbocycles. The number of anilines is 1. The summed E-state index contributed by atoms with van der Waals surface area (Å²) in [6.07, 6.45) is 2.10. The third kappa shape index (κ3) is 2.18. The molecule has 0 saturated heterocycles. The van der Waals surface area contributed by atoms with Crippen molar-refractivity contribution in [2.75, 3.05) is 11.4 Å². The molecule has 0 aliphatic carbocycles. The topological polar surface area (TPSA) is 28.5 Å². The van der Waals surface area contributed by atoms with Crippen LogP contribution in [0.4, 0.5) is 10.5 Å². The van der Waals surface area contributed by atoms with Crippen LogP contribution in [0.1, 0.15) is 24.2 Å². The van der Waals surface area contributed by atoms with Crippen molar-refractivity contribution < 1.29 is 4.79 Å². The van der Waals surface area contributed by atoms with Crippen molar-refractivity contribution >= 4 is 11.7 Å². The Bertz CT molecular complexity index is 990. The zero-order valence-corrected chi connectivity index (χ0v) is 14.8. The maximum atomic E-state index is 13.5. The predicted molar refractivity (Wildman–Crippen MR) is 103 cm³/mol. The van der Waals surface area contributed by atoms with E-state index < -0.39 is 0 Å². The van der Waals surface area contributed by atoms with Gasteiger partial charge in [-0.15, -0.1) is 0 Å². The molecular formula is C22H21N3O. The maximum absolute atomic E-state index is 13.5. The summed E-state index contributed by atoms with van der Waals surface area (Å²) in [6.45, 7) is 4.33. The van der Waals surface area contributed by atoms with Crippen molar-refractivity contribution in [3.63, 3.8) is 0 Å². The number of carbonyl (C=O) groups is 1. The second-order valence-corrected chi connectivity index (χ2v) is 7.04. The zero-order chi connectivity index (χ0) is 17.7. The van der Waals surface area contributed by atoms with Gasteiger partial charge in [0.1, 0.15) is 0 Å². The second kappa shape index (κ2) is 5.77. The van der Waals surface area contributed by atoms with Crippen LogP contribution in [0.2, 0.25) is 0 Å². The van der Waals surface area contributed by atoms with Crippen LogP contribution in [0.5, 0.6) is 0 Å². The van der Waals surface area contributed by atoms with E-state index in [1.54, 1.807) is 0 Å². The summed E-state index contributed by atoms with van der Waals surface area (Å²) in [7, 11) is 0.